The summed E-state index contributed by atoms with van der Waals surface area (Å²) < 4.78 is 18.2. The van der Waals surface area contributed by atoms with Crippen LogP contribution in [0.1, 0.15) is 12.5 Å². The van der Waals surface area contributed by atoms with E-state index in [0.717, 1.165) is 49.7 Å². The van der Waals surface area contributed by atoms with Crippen molar-refractivity contribution in [2.75, 3.05) is 51.3 Å². The van der Waals surface area contributed by atoms with Crippen LogP contribution in [0.4, 0.5) is 10.1 Å². The SMILES string of the molecule is COc1ccc(/C=C/C(=O)NC(C)C(=O)NCCN2CCN(c3ccc(F)cc3)CC2)cc1. The summed E-state index contributed by atoms with van der Waals surface area (Å²) in [6.45, 7) is 6.36. The van der Waals surface area contributed by atoms with Gasteiger partial charge in [0.25, 0.3) is 0 Å². The van der Waals surface area contributed by atoms with Crippen LogP contribution in [-0.2, 0) is 9.59 Å². The Morgan fingerprint density at radius 2 is 1.73 bits per heavy atom. The fraction of sp³-hybridized carbons (Fsp3) is 0.360. The molecule has 3 rings (SSSR count). The van der Waals surface area contributed by atoms with Gasteiger partial charge in [-0.25, -0.2) is 4.39 Å². The molecule has 2 amide bonds. The Bertz CT molecular complexity index is 939. The predicted octanol–water partition coefficient (Wildman–Crippen LogP) is 2.29. The molecule has 1 heterocycles. The van der Waals surface area contributed by atoms with Gasteiger partial charge in [0.05, 0.1) is 7.11 Å². The Morgan fingerprint density at radius 3 is 2.36 bits per heavy atom. The molecule has 2 aromatic rings. The number of rotatable bonds is 9. The number of ether oxygens (including phenoxy) is 1. The highest BCUT2D eigenvalue weighted by molar-refractivity contribution is 5.95. The fourth-order valence-electron chi connectivity index (χ4n) is 3.59. The van der Waals surface area contributed by atoms with Gasteiger partial charge in [-0.1, -0.05) is 12.1 Å². The second-order valence-corrected chi connectivity index (χ2v) is 7.93. The molecule has 1 saturated heterocycles. The second-order valence-electron chi connectivity index (χ2n) is 7.93. The molecule has 0 bridgehead atoms. The van der Waals surface area contributed by atoms with E-state index < -0.39 is 6.04 Å². The molecule has 0 saturated carbocycles. The van der Waals surface area contributed by atoms with Crippen molar-refractivity contribution in [3.63, 3.8) is 0 Å². The number of piperazine rings is 1. The van der Waals surface area contributed by atoms with Crippen molar-refractivity contribution in [1.82, 2.24) is 15.5 Å². The number of anilines is 1. The lowest BCUT2D eigenvalue weighted by molar-refractivity contribution is -0.126. The molecular weight excluding hydrogens is 423 g/mol. The summed E-state index contributed by atoms with van der Waals surface area (Å²) in [6, 6.07) is 13.2. The van der Waals surface area contributed by atoms with Gasteiger partial charge in [-0.05, 0) is 55.0 Å². The quantitative estimate of drug-likeness (QED) is 0.569. The summed E-state index contributed by atoms with van der Waals surface area (Å²) in [5.74, 6) is -0.0278. The first-order valence-electron chi connectivity index (χ1n) is 11.1. The van der Waals surface area contributed by atoms with Gasteiger partial charge in [-0.15, -0.1) is 0 Å². The summed E-state index contributed by atoms with van der Waals surface area (Å²) in [4.78, 5) is 28.9. The highest BCUT2D eigenvalue weighted by Crippen LogP contribution is 2.16. The number of benzene rings is 2. The van der Waals surface area contributed by atoms with E-state index in [2.05, 4.69) is 20.4 Å². The summed E-state index contributed by atoms with van der Waals surface area (Å²) in [5.41, 5.74) is 1.89. The fourth-order valence-corrected chi connectivity index (χ4v) is 3.59. The van der Waals surface area contributed by atoms with E-state index in [4.69, 9.17) is 4.74 Å². The molecule has 0 aliphatic carbocycles. The summed E-state index contributed by atoms with van der Waals surface area (Å²) in [6.07, 6.45) is 3.09. The minimum atomic E-state index is -0.631. The molecular formula is C25H31FN4O3. The van der Waals surface area contributed by atoms with Crippen LogP contribution in [0.15, 0.2) is 54.6 Å². The Kier molecular flexibility index (Phi) is 8.83. The van der Waals surface area contributed by atoms with Crippen LogP contribution in [0, 0.1) is 5.82 Å². The Labute approximate surface area is 194 Å². The Hall–Kier alpha value is -3.39. The van der Waals surface area contributed by atoms with Crippen molar-refractivity contribution in [1.29, 1.82) is 0 Å². The molecule has 33 heavy (non-hydrogen) atoms. The maximum Gasteiger partial charge on any atom is 0.244 e. The summed E-state index contributed by atoms with van der Waals surface area (Å²) >= 11 is 0. The number of methoxy groups -OCH3 is 1. The van der Waals surface area contributed by atoms with Gasteiger partial charge in [0.2, 0.25) is 11.8 Å². The maximum atomic E-state index is 13.1. The topological polar surface area (TPSA) is 73.9 Å². The van der Waals surface area contributed by atoms with Gasteiger partial charge in [0.1, 0.15) is 17.6 Å². The van der Waals surface area contributed by atoms with Gasteiger partial charge in [-0.2, -0.15) is 0 Å². The zero-order valence-corrected chi connectivity index (χ0v) is 19.1. The standard InChI is InChI=1S/C25H31FN4O3/c1-19(28-24(31)12-5-20-3-10-23(33-2)11-4-20)25(32)27-13-14-29-15-17-30(18-16-29)22-8-6-21(26)7-9-22/h3-12,19H,13-18H2,1-2H3,(H,27,32)(H,28,31)/b12-5+. The van der Waals surface area contributed by atoms with Gasteiger partial charge < -0.3 is 20.3 Å². The van der Waals surface area contributed by atoms with Crippen LogP contribution in [0.2, 0.25) is 0 Å². The van der Waals surface area contributed by atoms with E-state index in [9.17, 15) is 14.0 Å². The van der Waals surface area contributed by atoms with Crippen LogP contribution < -0.4 is 20.3 Å². The number of carbonyl (C=O) groups is 2. The monoisotopic (exact) mass is 454 g/mol. The van der Waals surface area contributed by atoms with Crippen molar-refractivity contribution in [3.05, 3.63) is 66.0 Å². The Morgan fingerprint density at radius 1 is 1.06 bits per heavy atom. The molecule has 1 fully saturated rings. The largest absolute Gasteiger partial charge is 0.497 e. The molecule has 8 heteroatoms. The molecule has 0 radical (unpaired) electrons. The number of amides is 2. The number of carbonyl (C=O) groups excluding carboxylic acids is 2. The molecule has 7 nitrogen and oxygen atoms in total. The Balaban J connectivity index is 1.33. The lowest BCUT2D eigenvalue weighted by atomic mass is 10.2. The first-order chi connectivity index (χ1) is 15.9. The molecule has 2 N–H and O–H groups in total. The molecule has 1 unspecified atom stereocenters. The van der Waals surface area contributed by atoms with Gasteiger partial charge in [0.15, 0.2) is 0 Å². The number of halogens is 1. The smallest absolute Gasteiger partial charge is 0.244 e. The van der Waals surface area contributed by atoms with Crippen molar-refractivity contribution in [3.8, 4) is 5.75 Å². The van der Waals surface area contributed by atoms with Crippen LogP contribution in [0.3, 0.4) is 0 Å². The number of nitrogens with one attached hydrogen (secondary N) is 2. The van der Waals surface area contributed by atoms with Crippen molar-refractivity contribution in [2.24, 2.45) is 0 Å². The molecule has 1 atom stereocenters. The predicted molar refractivity (Wildman–Crippen MR) is 128 cm³/mol. The lowest BCUT2D eigenvalue weighted by Crippen LogP contribution is -2.50. The van der Waals surface area contributed by atoms with E-state index in [0.29, 0.717) is 6.54 Å². The molecule has 176 valence electrons. The molecule has 0 spiro atoms. The minimum Gasteiger partial charge on any atom is -0.497 e. The first kappa shape index (κ1) is 24.3. The van der Waals surface area contributed by atoms with Gasteiger partial charge >= 0.3 is 0 Å². The normalized spacial score (nSPS) is 15.3. The summed E-state index contributed by atoms with van der Waals surface area (Å²) in [5, 5.41) is 5.56. The highest BCUT2D eigenvalue weighted by atomic mass is 19.1. The second kappa shape index (κ2) is 12.0. The van der Waals surface area contributed by atoms with E-state index in [1.807, 2.05) is 24.3 Å². The third-order valence-corrected chi connectivity index (χ3v) is 5.59. The third-order valence-electron chi connectivity index (χ3n) is 5.59. The molecule has 1 aliphatic heterocycles. The van der Waals surface area contributed by atoms with Crippen molar-refractivity contribution < 1.29 is 18.7 Å². The van der Waals surface area contributed by atoms with Crippen molar-refractivity contribution >= 4 is 23.6 Å². The third kappa shape index (κ3) is 7.61. The zero-order valence-electron chi connectivity index (χ0n) is 19.1. The maximum absolute atomic E-state index is 13.1. The minimum absolute atomic E-state index is 0.217. The number of hydrogen-bond donors (Lipinski definition) is 2. The van der Waals surface area contributed by atoms with Gasteiger partial charge in [0, 0.05) is 51.0 Å². The van der Waals surface area contributed by atoms with Crippen LogP contribution in [-0.4, -0.2) is 69.1 Å². The van der Waals surface area contributed by atoms with Gasteiger partial charge in [-0.3, -0.25) is 14.5 Å². The summed E-state index contributed by atoms with van der Waals surface area (Å²) in [7, 11) is 1.60. The average molecular weight is 455 g/mol. The van der Waals surface area contributed by atoms with Crippen LogP contribution >= 0.6 is 0 Å². The molecule has 0 aromatic heterocycles. The van der Waals surface area contributed by atoms with E-state index in [-0.39, 0.29) is 17.6 Å². The van der Waals surface area contributed by atoms with Crippen LogP contribution in [0.25, 0.3) is 6.08 Å². The van der Waals surface area contributed by atoms with E-state index >= 15 is 0 Å². The van der Waals surface area contributed by atoms with Crippen LogP contribution in [0.5, 0.6) is 5.75 Å². The zero-order chi connectivity index (χ0) is 23.6. The van der Waals surface area contributed by atoms with E-state index in [1.54, 1.807) is 32.2 Å². The first-order valence-corrected chi connectivity index (χ1v) is 11.1. The number of nitrogens with zero attached hydrogens (tertiary/aromatic N) is 2. The molecule has 2 aromatic carbocycles. The van der Waals surface area contributed by atoms with E-state index in [1.165, 1.54) is 18.2 Å². The molecule has 1 aliphatic rings. The lowest BCUT2D eigenvalue weighted by Gasteiger charge is -2.36. The average Bonchev–Trinajstić information content (AvgIpc) is 2.84. The van der Waals surface area contributed by atoms with Crippen molar-refractivity contribution in [2.45, 2.75) is 13.0 Å². The number of hydrogen-bond acceptors (Lipinski definition) is 5. The highest BCUT2D eigenvalue weighted by Gasteiger charge is 2.18.